The lowest BCUT2D eigenvalue weighted by Crippen LogP contribution is -2.04. The summed E-state index contributed by atoms with van der Waals surface area (Å²) in [7, 11) is 0. The predicted octanol–water partition coefficient (Wildman–Crippen LogP) is 3.79. The summed E-state index contributed by atoms with van der Waals surface area (Å²) < 4.78 is 5.11. The zero-order chi connectivity index (χ0) is 16.2. The van der Waals surface area contributed by atoms with Crippen LogP contribution in [-0.4, -0.2) is 22.5 Å². The van der Waals surface area contributed by atoms with Crippen molar-refractivity contribution in [1.29, 1.82) is 0 Å². The number of aryl methyl sites for hydroxylation is 1. The normalized spacial score (nSPS) is 10.7. The van der Waals surface area contributed by atoms with E-state index < -0.39 is 0 Å². The molecule has 2 aromatic heterocycles. The highest BCUT2D eigenvalue weighted by Crippen LogP contribution is 2.33. The largest absolute Gasteiger partial charge is 0.462 e. The summed E-state index contributed by atoms with van der Waals surface area (Å²) in [5.41, 5.74) is 2.03. The molecule has 2 heterocycles. The van der Waals surface area contributed by atoms with Gasteiger partial charge in [0, 0.05) is 6.54 Å². The molecule has 1 N–H and O–H groups in total. The van der Waals surface area contributed by atoms with Gasteiger partial charge in [0.1, 0.15) is 21.9 Å². The van der Waals surface area contributed by atoms with Crippen LogP contribution >= 0.6 is 11.3 Å². The van der Waals surface area contributed by atoms with E-state index in [2.05, 4.69) is 27.4 Å². The maximum atomic E-state index is 12.0. The van der Waals surface area contributed by atoms with Crippen molar-refractivity contribution in [2.24, 2.45) is 0 Å². The number of nitrogens with one attached hydrogen (secondary N) is 1. The van der Waals surface area contributed by atoms with Crippen LogP contribution in [0.2, 0.25) is 0 Å². The van der Waals surface area contributed by atoms with Gasteiger partial charge in [-0.05, 0) is 25.0 Å². The Bertz CT molecular complexity index is 830. The molecular weight excluding hydrogens is 310 g/mol. The van der Waals surface area contributed by atoms with Crippen molar-refractivity contribution in [2.75, 3.05) is 11.9 Å². The van der Waals surface area contributed by atoms with E-state index in [1.807, 2.05) is 25.1 Å². The van der Waals surface area contributed by atoms with Gasteiger partial charge in [0.2, 0.25) is 0 Å². The lowest BCUT2D eigenvalue weighted by Gasteiger charge is -2.07. The van der Waals surface area contributed by atoms with Gasteiger partial charge in [-0.15, -0.1) is 11.3 Å². The highest BCUT2D eigenvalue weighted by atomic mass is 32.1. The maximum Gasteiger partial charge on any atom is 0.348 e. The minimum Gasteiger partial charge on any atom is -0.462 e. The molecule has 118 valence electrons. The molecule has 0 amide bonds. The second-order valence-electron chi connectivity index (χ2n) is 5.02. The molecule has 3 aromatic rings. The first-order valence-electron chi connectivity index (χ1n) is 7.39. The van der Waals surface area contributed by atoms with E-state index >= 15 is 0 Å². The number of ether oxygens (including phenoxy) is 1. The Morgan fingerprint density at radius 1 is 1.26 bits per heavy atom. The van der Waals surface area contributed by atoms with Crippen molar-refractivity contribution in [3.05, 3.63) is 52.7 Å². The Kier molecular flexibility index (Phi) is 4.52. The van der Waals surface area contributed by atoms with E-state index in [4.69, 9.17) is 4.74 Å². The number of carbonyl (C=O) groups excluding carboxylic acids is 1. The fourth-order valence-corrected chi connectivity index (χ4v) is 3.42. The van der Waals surface area contributed by atoms with Gasteiger partial charge in [-0.2, -0.15) is 0 Å². The van der Waals surface area contributed by atoms with Gasteiger partial charge in [0.15, 0.2) is 0 Å². The number of carbonyl (C=O) groups is 1. The number of fused-ring (bicyclic) bond motifs is 1. The topological polar surface area (TPSA) is 64.1 Å². The van der Waals surface area contributed by atoms with Crippen molar-refractivity contribution < 1.29 is 9.53 Å². The third kappa shape index (κ3) is 3.17. The minimum atomic E-state index is -0.304. The van der Waals surface area contributed by atoms with E-state index in [0.29, 0.717) is 18.0 Å². The molecule has 5 nitrogen and oxygen atoms in total. The van der Waals surface area contributed by atoms with Crippen LogP contribution in [0.5, 0.6) is 0 Å². The molecule has 0 fully saturated rings. The zero-order valence-corrected chi connectivity index (χ0v) is 13.8. The monoisotopic (exact) mass is 327 g/mol. The first-order valence-corrected chi connectivity index (χ1v) is 8.21. The van der Waals surface area contributed by atoms with Crippen LogP contribution in [0.3, 0.4) is 0 Å². The van der Waals surface area contributed by atoms with Crippen LogP contribution in [0.25, 0.3) is 10.2 Å². The van der Waals surface area contributed by atoms with E-state index in [1.54, 1.807) is 6.92 Å². The second kappa shape index (κ2) is 6.75. The Labute approximate surface area is 138 Å². The average molecular weight is 327 g/mol. The number of esters is 1. The molecule has 3 rings (SSSR count). The highest BCUT2D eigenvalue weighted by Gasteiger charge is 2.19. The fourth-order valence-electron chi connectivity index (χ4n) is 2.38. The van der Waals surface area contributed by atoms with Gasteiger partial charge in [-0.3, -0.25) is 0 Å². The summed E-state index contributed by atoms with van der Waals surface area (Å²) in [6.45, 7) is 4.73. The van der Waals surface area contributed by atoms with Crippen molar-refractivity contribution in [3.8, 4) is 0 Å². The summed E-state index contributed by atoms with van der Waals surface area (Å²) in [6, 6.07) is 10.1. The molecule has 6 heteroatoms. The van der Waals surface area contributed by atoms with Crippen molar-refractivity contribution >= 4 is 33.3 Å². The van der Waals surface area contributed by atoms with Crippen LogP contribution in [-0.2, 0) is 11.3 Å². The number of rotatable bonds is 5. The molecule has 23 heavy (non-hydrogen) atoms. The number of aromatic nitrogens is 2. The van der Waals surface area contributed by atoms with Crippen molar-refractivity contribution in [2.45, 2.75) is 20.4 Å². The Morgan fingerprint density at radius 2 is 2.04 bits per heavy atom. The van der Waals surface area contributed by atoms with Crippen LogP contribution in [0.1, 0.15) is 27.7 Å². The van der Waals surface area contributed by atoms with E-state index in [1.165, 1.54) is 17.7 Å². The maximum absolute atomic E-state index is 12.0. The number of nitrogens with zero attached hydrogens (tertiary/aromatic N) is 2. The summed E-state index contributed by atoms with van der Waals surface area (Å²) >= 11 is 1.34. The lowest BCUT2D eigenvalue weighted by molar-refractivity contribution is 0.0531. The quantitative estimate of drug-likeness (QED) is 0.722. The van der Waals surface area contributed by atoms with E-state index in [-0.39, 0.29) is 5.97 Å². The zero-order valence-electron chi connectivity index (χ0n) is 13.0. The first-order chi connectivity index (χ1) is 11.2. The van der Waals surface area contributed by atoms with Gasteiger partial charge in [0.25, 0.3) is 0 Å². The predicted molar refractivity (Wildman–Crippen MR) is 91.9 cm³/mol. The molecule has 0 aliphatic carbocycles. The van der Waals surface area contributed by atoms with E-state index in [9.17, 15) is 4.79 Å². The molecule has 0 aliphatic heterocycles. The average Bonchev–Trinajstić information content (AvgIpc) is 2.92. The first kappa shape index (κ1) is 15.4. The molecule has 0 bridgehead atoms. The molecule has 0 atom stereocenters. The van der Waals surface area contributed by atoms with Crippen molar-refractivity contribution in [1.82, 2.24) is 9.97 Å². The standard InChI is InChI=1S/C17H17N3O2S/c1-3-22-17(21)14-11(2)13-15(19-10-20-16(13)23-14)18-9-12-7-5-4-6-8-12/h4-8,10H,3,9H2,1-2H3,(H,18,19,20). The van der Waals surface area contributed by atoms with Gasteiger partial charge in [-0.25, -0.2) is 14.8 Å². The highest BCUT2D eigenvalue weighted by molar-refractivity contribution is 7.20. The van der Waals surface area contributed by atoms with Crippen LogP contribution in [0.4, 0.5) is 5.82 Å². The summed E-state index contributed by atoms with van der Waals surface area (Å²) in [5, 5.41) is 4.22. The molecule has 0 radical (unpaired) electrons. The third-order valence-corrected chi connectivity index (χ3v) is 4.67. The molecule has 0 spiro atoms. The number of thiophene rings is 1. The van der Waals surface area contributed by atoms with Crippen molar-refractivity contribution in [3.63, 3.8) is 0 Å². The van der Waals surface area contributed by atoms with Gasteiger partial charge >= 0.3 is 5.97 Å². The summed E-state index contributed by atoms with van der Waals surface area (Å²) in [4.78, 5) is 22.0. The summed E-state index contributed by atoms with van der Waals surface area (Å²) in [5.74, 6) is 0.435. The summed E-state index contributed by atoms with van der Waals surface area (Å²) in [6.07, 6.45) is 1.51. The Balaban J connectivity index is 1.93. The van der Waals surface area contributed by atoms with Gasteiger partial charge < -0.3 is 10.1 Å². The van der Waals surface area contributed by atoms with Crippen LogP contribution in [0.15, 0.2) is 36.7 Å². The number of anilines is 1. The minimum absolute atomic E-state index is 0.304. The van der Waals surface area contributed by atoms with Gasteiger partial charge in [-0.1, -0.05) is 30.3 Å². The molecule has 0 unspecified atom stereocenters. The molecule has 0 saturated heterocycles. The Morgan fingerprint density at radius 3 is 2.78 bits per heavy atom. The third-order valence-electron chi connectivity index (χ3n) is 3.49. The Hall–Kier alpha value is -2.47. The molecular formula is C17H17N3O2S. The van der Waals surface area contributed by atoms with Crippen LogP contribution in [0, 0.1) is 6.92 Å². The molecule has 0 aliphatic rings. The van der Waals surface area contributed by atoms with Crippen LogP contribution < -0.4 is 5.32 Å². The number of benzene rings is 1. The molecule has 0 saturated carbocycles. The SMILES string of the molecule is CCOC(=O)c1sc2ncnc(NCc3ccccc3)c2c1C. The fraction of sp³-hybridized carbons (Fsp3) is 0.235. The van der Waals surface area contributed by atoms with Gasteiger partial charge in [0.05, 0.1) is 12.0 Å². The lowest BCUT2D eigenvalue weighted by atomic mass is 10.2. The second-order valence-corrected chi connectivity index (χ2v) is 6.02. The smallest absolute Gasteiger partial charge is 0.348 e. The number of hydrogen-bond acceptors (Lipinski definition) is 6. The number of hydrogen-bond donors (Lipinski definition) is 1. The molecule has 1 aromatic carbocycles. The van der Waals surface area contributed by atoms with E-state index in [0.717, 1.165) is 27.2 Å².